The predicted octanol–water partition coefficient (Wildman–Crippen LogP) is 5.20. The quantitative estimate of drug-likeness (QED) is 0.692. The third kappa shape index (κ3) is 2.74. The maximum atomic E-state index is 12.9. The van der Waals surface area contributed by atoms with E-state index >= 15 is 0 Å². The first-order valence-electron chi connectivity index (χ1n) is 9.60. The van der Waals surface area contributed by atoms with Crippen LogP contribution in [0.4, 0.5) is 5.69 Å². The highest BCUT2D eigenvalue weighted by Gasteiger charge is 2.50. The van der Waals surface area contributed by atoms with Gasteiger partial charge in [0.15, 0.2) is 11.5 Å². The second-order valence-electron chi connectivity index (χ2n) is 7.98. The Kier molecular flexibility index (Phi) is 3.80. The molecule has 0 spiro atoms. The van der Waals surface area contributed by atoms with Crippen molar-refractivity contribution < 1.29 is 14.3 Å². The Morgan fingerprint density at radius 3 is 2.63 bits per heavy atom. The molecule has 0 N–H and O–H groups in total. The lowest BCUT2D eigenvalue weighted by atomic mass is 9.66. The molecule has 2 saturated heterocycles. The van der Waals surface area contributed by atoms with Crippen LogP contribution in [0, 0.1) is 12.0 Å². The third-order valence-corrected chi connectivity index (χ3v) is 6.45. The van der Waals surface area contributed by atoms with Crippen molar-refractivity contribution in [3.05, 3.63) is 59.4 Å². The molecule has 2 aromatic rings. The summed E-state index contributed by atoms with van der Waals surface area (Å²) >= 11 is 0. The third-order valence-electron chi connectivity index (χ3n) is 6.45. The molecule has 1 unspecified atom stereocenters. The molecule has 2 bridgehead atoms. The number of benzene rings is 2. The van der Waals surface area contributed by atoms with E-state index < -0.39 is 0 Å². The van der Waals surface area contributed by atoms with Gasteiger partial charge in [0.05, 0.1) is 24.8 Å². The maximum Gasteiger partial charge on any atom is 0.187 e. The van der Waals surface area contributed by atoms with Gasteiger partial charge in [-0.15, -0.1) is 0 Å². The summed E-state index contributed by atoms with van der Waals surface area (Å²) in [4.78, 5) is 16.4. The van der Waals surface area contributed by atoms with Gasteiger partial charge in [-0.05, 0) is 55.0 Å². The molecule has 0 radical (unpaired) electrons. The van der Waals surface area contributed by atoms with E-state index in [-0.39, 0.29) is 17.3 Å². The van der Waals surface area contributed by atoms with Crippen LogP contribution in [-0.2, 0) is 4.74 Å². The molecule has 6 rings (SSSR count). The molecule has 1 atom stereocenters. The molecule has 4 heteroatoms. The summed E-state index contributed by atoms with van der Waals surface area (Å²) in [6, 6.07) is 13.3. The van der Waals surface area contributed by atoms with E-state index in [1.165, 1.54) is 0 Å². The predicted molar refractivity (Wildman–Crippen MR) is 102 cm³/mol. The Labute approximate surface area is 158 Å². The van der Waals surface area contributed by atoms with Crippen molar-refractivity contribution in [2.45, 2.75) is 44.3 Å². The first kappa shape index (κ1) is 16.5. The van der Waals surface area contributed by atoms with Gasteiger partial charge in [-0.2, -0.15) is 0 Å². The fourth-order valence-corrected chi connectivity index (χ4v) is 4.78. The number of rotatable bonds is 2. The Bertz CT molecular complexity index is 937. The van der Waals surface area contributed by atoms with Crippen LogP contribution in [0.5, 0.6) is 5.75 Å². The van der Waals surface area contributed by atoms with Gasteiger partial charge >= 0.3 is 0 Å². The SMILES string of the molecule is [C-]#[N+]c1cccc(-c2ccc3c(c2)C(=O)CC(C24CCC(CC2)OC4)O3)c1. The van der Waals surface area contributed by atoms with Crippen molar-refractivity contribution in [2.75, 3.05) is 6.61 Å². The van der Waals surface area contributed by atoms with Gasteiger partial charge < -0.3 is 9.47 Å². The highest BCUT2D eigenvalue weighted by Crippen LogP contribution is 2.49. The van der Waals surface area contributed by atoms with E-state index in [0.717, 1.165) is 36.8 Å². The van der Waals surface area contributed by atoms with Crippen molar-refractivity contribution in [1.29, 1.82) is 0 Å². The summed E-state index contributed by atoms with van der Waals surface area (Å²) in [6.07, 6.45) is 5.09. The van der Waals surface area contributed by atoms with Crippen LogP contribution < -0.4 is 4.74 Å². The van der Waals surface area contributed by atoms with E-state index in [1.807, 2.05) is 36.4 Å². The average Bonchev–Trinajstić information content (AvgIpc) is 2.75. The Balaban J connectivity index is 1.46. The average molecular weight is 359 g/mol. The minimum atomic E-state index is -0.0879. The lowest BCUT2D eigenvalue weighted by molar-refractivity contribution is -0.153. The monoisotopic (exact) mass is 359 g/mol. The molecule has 2 aromatic carbocycles. The standard InChI is InChI=1S/C23H21NO3/c1-24-17-4-2-3-15(11-17)16-5-6-21-19(12-16)20(25)13-22(27-21)23-9-7-18(8-10-23)26-14-23/h2-6,11-12,18,22H,7-10,13-14H2. The van der Waals surface area contributed by atoms with E-state index in [0.29, 0.717) is 36.1 Å². The van der Waals surface area contributed by atoms with Crippen molar-refractivity contribution in [3.8, 4) is 16.9 Å². The number of ether oxygens (including phenoxy) is 2. The number of fused-ring (bicyclic) bond motifs is 4. The second kappa shape index (κ2) is 6.21. The lowest BCUT2D eigenvalue weighted by Crippen LogP contribution is -2.53. The van der Waals surface area contributed by atoms with Crippen molar-refractivity contribution in [2.24, 2.45) is 5.41 Å². The van der Waals surface area contributed by atoms with Crippen LogP contribution in [0.1, 0.15) is 42.5 Å². The normalized spacial score (nSPS) is 28.9. The molecule has 4 aliphatic rings. The summed E-state index contributed by atoms with van der Waals surface area (Å²) in [5.41, 5.74) is 3.12. The zero-order valence-electron chi connectivity index (χ0n) is 15.1. The summed E-state index contributed by atoms with van der Waals surface area (Å²) in [7, 11) is 0. The maximum absolute atomic E-state index is 12.9. The largest absolute Gasteiger partial charge is 0.489 e. The molecule has 4 nitrogen and oxygen atoms in total. The summed E-state index contributed by atoms with van der Waals surface area (Å²) in [6.45, 7) is 7.90. The molecular formula is C23H21NO3. The topological polar surface area (TPSA) is 39.9 Å². The first-order valence-corrected chi connectivity index (χ1v) is 9.60. The van der Waals surface area contributed by atoms with Gasteiger partial charge in [0.2, 0.25) is 0 Å². The zero-order valence-corrected chi connectivity index (χ0v) is 15.1. The summed E-state index contributed by atoms with van der Waals surface area (Å²) < 4.78 is 12.3. The number of hydrogen-bond acceptors (Lipinski definition) is 3. The smallest absolute Gasteiger partial charge is 0.187 e. The van der Waals surface area contributed by atoms with Crippen molar-refractivity contribution >= 4 is 11.5 Å². The van der Waals surface area contributed by atoms with E-state index in [4.69, 9.17) is 16.0 Å². The Morgan fingerprint density at radius 1 is 1.07 bits per heavy atom. The second-order valence-corrected chi connectivity index (χ2v) is 7.98. The number of carbonyl (C=O) groups is 1. The van der Waals surface area contributed by atoms with E-state index in [1.54, 1.807) is 6.07 Å². The molecule has 3 aliphatic heterocycles. The molecule has 3 fully saturated rings. The van der Waals surface area contributed by atoms with E-state index in [2.05, 4.69) is 4.85 Å². The van der Waals surface area contributed by atoms with Crippen LogP contribution >= 0.6 is 0 Å². The van der Waals surface area contributed by atoms with Crippen molar-refractivity contribution in [3.63, 3.8) is 0 Å². The molecule has 1 saturated carbocycles. The van der Waals surface area contributed by atoms with Gasteiger partial charge in [-0.25, -0.2) is 4.85 Å². The van der Waals surface area contributed by atoms with Gasteiger partial charge in [-0.3, -0.25) is 4.79 Å². The van der Waals surface area contributed by atoms with Gasteiger partial charge in [0.25, 0.3) is 0 Å². The number of carbonyl (C=O) groups excluding carboxylic acids is 1. The van der Waals surface area contributed by atoms with Crippen LogP contribution in [0.15, 0.2) is 42.5 Å². The fraction of sp³-hybridized carbons (Fsp3) is 0.391. The molecule has 0 amide bonds. The minimum Gasteiger partial charge on any atom is -0.489 e. The Morgan fingerprint density at radius 2 is 1.89 bits per heavy atom. The number of hydrogen-bond donors (Lipinski definition) is 0. The van der Waals surface area contributed by atoms with Gasteiger partial charge in [0, 0.05) is 11.8 Å². The molecule has 3 heterocycles. The van der Waals surface area contributed by atoms with Gasteiger partial charge in [-0.1, -0.05) is 24.3 Å². The molecule has 27 heavy (non-hydrogen) atoms. The molecular weight excluding hydrogens is 338 g/mol. The highest BCUT2D eigenvalue weighted by atomic mass is 16.5. The fourth-order valence-electron chi connectivity index (χ4n) is 4.78. The number of Topliss-reactive ketones (excluding diaryl/α,β-unsaturated/α-hetero) is 1. The highest BCUT2D eigenvalue weighted by molar-refractivity contribution is 6.01. The van der Waals surface area contributed by atoms with E-state index in [9.17, 15) is 4.79 Å². The number of ketones is 1. The van der Waals surface area contributed by atoms with Gasteiger partial charge in [0.1, 0.15) is 11.9 Å². The molecule has 0 aromatic heterocycles. The van der Waals surface area contributed by atoms with Crippen LogP contribution in [0.25, 0.3) is 16.0 Å². The number of nitrogens with zero attached hydrogens (tertiary/aromatic N) is 1. The lowest BCUT2D eigenvalue weighted by Gasteiger charge is -2.50. The van der Waals surface area contributed by atoms with Crippen molar-refractivity contribution in [1.82, 2.24) is 0 Å². The summed E-state index contributed by atoms with van der Waals surface area (Å²) in [5, 5.41) is 0. The summed E-state index contributed by atoms with van der Waals surface area (Å²) in [5.74, 6) is 0.829. The van der Waals surface area contributed by atoms with Crippen LogP contribution in [0.2, 0.25) is 0 Å². The van der Waals surface area contributed by atoms with Crippen LogP contribution in [-0.4, -0.2) is 24.6 Å². The minimum absolute atomic E-state index is 0.00919. The zero-order chi connectivity index (χ0) is 18.4. The first-order chi connectivity index (χ1) is 13.2. The molecule has 1 aliphatic carbocycles. The molecule has 136 valence electrons. The Hall–Kier alpha value is -2.64. The van der Waals surface area contributed by atoms with Crippen LogP contribution in [0.3, 0.4) is 0 Å².